The van der Waals surface area contributed by atoms with Gasteiger partial charge in [0.25, 0.3) is 0 Å². The van der Waals surface area contributed by atoms with E-state index in [9.17, 15) is 14.0 Å². The minimum absolute atomic E-state index is 0.0469. The number of carboxylic acids is 1. The first-order valence-electron chi connectivity index (χ1n) is 6.60. The average Bonchev–Trinajstić information content (AvgIpc) is 2.99. The van der Waals surface area contributed by atoms with Gasteiger partial charge in [0.15, 0.2) is 0 Å². The lowest BCUT2D eigenvalue weighted by atomic mass is 10.2. The molecule has 1 N–H and O–H groups in total. The van der Waals surface area contributed by atoms with Crippen LogP contribution in [0.4, 0.5) is 4.39 Å². The third kappa shape index (κ3) is 3.85. The molecule has 1 amide bonds. The molecule has 2 rings (SSSR count). The van der Waals surface area contributed by atoms with Crippen LogP contribution in [0.25, 0.3) is 0 Å². The van der Waals surface area contributed by atoms with Crippen molar-refractivity contribution >= 4 is 23.6 Å². The minimum atomic E-state index is -1.31. The number of nitrogens with zero attached hydrogens (tertiary/aromatic N) is 1. The van der Waals surface area contributed by atoms with Gasteiger partial charge in [-0.05, 0) is 37.5 Å². The SMILES string of the molecule is CN(C(=O)CSc1ccc(F)c(C(=O)O)c1)C1=CCCC1. The summed E-state index contributed by atoms with van der Waals surface area (Å²) in [6.45, 7) is 0. The molecule has 112 valence electrons. The first-order chi connectivity index (χ1) is 9.99. The molecule has 0 spiro atoms. The topological polar surface area (TPSA) is 57.6 Å². The van der Waals surface area contributed by atoms with Gasteiger partial charge in [-0.15, -0.1) is 11.8 Å². The number of allylic oxidation sites excluding steroid dienone is 2. The fraction of sp³-hybridized carbons (Fsp3) is 0.333. The van der Waals surface area contributed by atoms with Gasteiger partial charge in [-0.1, -0.05) is 6.08 Å². The number of carbonyl (C=O) groups excluding carboxylic acids is 1. The van der Waals surface area contributed by atoms with Gasteiger partial charge in [0.1, 0.15) is 5.82 Å². The monoisotopic (exact) mass is 309 g/mol. The lowest BCUT2D eigenvalue weighted by molar-refractivity contribution is -0.125. The Morgan fingerprint density at radius 3 is 2.81 bits per heavy atom. The number of carboxylic acid groups (broad SMARTS) is 1. The van der Waals surface area contributed by atoms with Crippen molar-refractivity contribution in [2.75, 3.05) is 12.8 Å². The lowest BCUT2D eigenvalue weighted by Gasteiger charge is -2.18. The van der Waals surface area contributed by atoms with Crippen LogP contribution in [0.1, 0.15) is 29.6 Å². The van der Waals surface area contributed by atoms with Crippen LogP contribution in [0.15, 0.2) is 34.9 Å². The van der Waals surface area contributed by atoms with E-state index in [-0.39, 0.29) is 17.2 Å². The highest BCUT2D eigenvalue weighted by Crippen LogP contribution is 2.24. The number of halogens is 1. The molecule has 1 aromatic carbocycles. The van der Waals surface area contributed by atoms with E-state index in [1.807, 2.05) is 0 Å². The molecule has 0 unspecified atom stereocenters. The molecule has 0 saturated carbocycles. The van der Waals surface area contributed by atoms with Crippen LogP contribution in [0.2, 0.25) is 0 Å². The maximum absolute atomic E-state index is 13.3. The predicted octanol–water partition coefficient (Wildman–Crippen LogP) is 3.14. The third-order valence-electron chi connectivity index (χ3n) is 3.35. The molecule has 0 atom stereocenters. The van der Waals surface area contributed by atoms with E-state index >= 15 is 0 Å². The van der Waals surface area contributed by atoms with E-state index < -0.39 is 11.8 Å². The number of aromatic carboxylic acids is 1. The second-order valence-corrected chi connectivity index (χ2v) is 5.82. The molecule has 0 aliphatic heterocycles. The van der Waals surface area contributed by atoms with Crippen molar-refractivity contribution in [2.45, 2.75) is 24.2 Å². The van der Waals surface area contributed by atoms with E-state index in [4.69, 9.17) is 5.11 Å². The number of thioether (sulfide) groups is 1. The summed E-state index contributed by atoms with van der Waals surface area (Å²) in [6, 6.07) is 3.85. The van der Waals surface area contributed by atoms with Crippen molar-refractivity contribution in [3.63, 3.8) is 0 Å². The summed E-state index contributed by atoms with van der Waals surface area (Å²) < 4.78 is 13.3. The zero-order chi connectivity index (χ0) is 15.4. The van der Waals surface area contributed by atoms with Gasteiger partial charge in [-0.3, -0.25) is 4.79 Å². The molecular weight excluding hydrogens is 293 g/mol. The van der Waals surface area contributed by atoms with Crippen LogP contribution in [0, 0.1) is 5.82 Å². The summed E-state index contributed by atoms with van der Waals surface area (Å²) >= 11 is 1.21. The summed E-state index contributed by atoms with van der Waals surface area (Å²) in [7, 11) is 1.74. The lowest BCUT2D eigenvalue weighted by Crippen LogP contribution is -2.26. The van der Waals surface area contributed by atoms with Gasteiger partial charge in [0.2, 0.25) is 5.91 Å². The molecule has 0 aromatic heterocycles. The number of hydrogen-bond donors (Lipinski definition) is 1. The van der Waals surface area contributed by atoms with Crippen LogP contribution in [0.3, 0.4) is 0 Å². The Bertz CT molecular complexity index is 601. The second kappa shape index (κ2) is 6.76. The molecule has 0 heterocycles. The highest BCUT2D eigenvalue weighted by Gasteiger charge is 2.17. The molecular formula is C15H16FNO3S. The zero-order valence-corrected chi connectivity index (χ0v) is 12.5. The van der Waals surface area contributed by atoms with Gasteiger partial charge in [0, 0.05) is 17.6 Å². The Morgan fingerprint density at radius 1 is 1.43 bits per heavy atom. The van der Waals surface area contributed by atoms with Crippen LogP contribution >= 0.6 is 11.8 Å². The van der Waals surface area contributed by atoms with Gasteiger partial charge >= 0.3 is 5.97 Å². The number of carbonyl (C=O) groups is 2. The molecule has 1 aromatic rings. The maximum Gasteiger partial charge on any atom is 0.338 e. The van der Waals surface area contributed by atoms with Crippen LogP contribution in [0.5, 0.6) is 0 Å². The van der Waals surface area contributed by atoms with Gasteiger partial charge in [0.05, 0.1) is 11.3 Å². The third-order valence-corrected chi connectivity index (χ3v) is 4.33. The zero-order valence-electron chi connectivity index (χ0n) is 11.6. The normalized spacial score (nSPS) is 13.9. The number of hydrogen-bond acceptors (Lipinski definition) is 3. The van der Waals surface area contributed by atoms with E-state index in [0.717, 1.165) is 31.0 Å². The summed E-state index contributed by atoms with van der Waals surface area (Å²) in [5.41, 5.74) is 0.658. The fourth-order valence-corrected chi connectivity index (χ4v) is 2.97. The molecule has 1 aliphatic carbocycles. The summed E-state index contributed by atoms with van der Waals surface area (Å²) in [4.78, 5) is 25.1. The molecule has 0 fully saturated rings. The number of rotatable bonds is 5. The van der Waals surface area contributed by atoms with Crippen molar-refractivity contribution in [3.8, 4) is 0 Å². The van der Waals surface area contributed by atoms with Gasteiger partial charge in [-0.25, -0.2) is 9.18 Å². The first kappa shape index (κ1) is 15.6. The van der Waals surface area contributed by atoms with E-state index in [1.165, 1.54) is 23.9 Å². The second-order valence-electron chi connectivity index (χ2n) is 4.78. The number of benzene rings is 1. The molecule has 0 saturated heterocycles. The van der Waals surface area contributed by atoms with Crippen molar-refractivity contribution in [2.24, 2.45) is 0 Å². The Labute approximate surface area is 126 Å². The highest BCUT2D eigenvalue weighted by molar-refractivity contribution is 8.00. The van der Waals surface area contributed by atoms with Crippen LogP contribution in [-0.2, 0) is 4.79 Å². The van der Waals surface area contributed by atoms with Crippen LogP contribution < -0.4 is 0 Å². The van der Waals surface area contributed by atoms with Gasteiger partial charge in [-0.2, -0.15) is 0 Å². The molecule has 0 bridgehead atoms. The smallest absolute Gasteiger partial charge is 0.338 e. The Kier molecular flexibility index (Phi) is 5.01. The average molecular weight is 309 g/mol. The van der Waals surface area contributed by atoms with Crippen molar-refractivity contribution < 1.29 is 19.1 Å². The fourth-order valence-electron chi connectivity index (χ4n) is 2.12. The Balaban J connectivity index is 1.98. The summed E-state index contributed by atoms with van der Waals surface area (Å²) in [6.07, 6.45) is 5.04. The molecule has 0 radical (unpaired) electrons. The Hall–Kier alpha value is -1.82. The number of amides is 1. The Morgan fingerprint density at radius 2 is 2.19 bits per heavy atom. The molecule has 6 heteroatoms. The van der Waals surface area contributed by atoms with Crippen molar-refractivity contribution in [3.05, 3.63) is 41.4 Å². The van der Waals surface area contributed by atoms with Gasteiger partial charge < -0.3 is 10.0 Å². The largest absolute Gasteiger partial charge is 0.478 e. The quantitative estimate of drug-likeness (QED) is 0.849. The predicted molar refractivity (Wildman–Crippen MR) is 78.8 cm³/mol. The molecule has 1 aliphatic rings. The van der Waals surface area contributed by atoms with Crippen molar-refractivity contribution in [1.82, 2.24) is 4.90 Å². The maximum atomic E-state index is 13.3. The summed E-state index contributed by atoms with van der Waals surface area (Å²) in [5, 5.41) is 8.87. The van der Waals surface area contributed by atoms with Crippen LogP contribution in [-0.4, -0.2) is 34.7 Å². The molecule has 21 heavy (non-hydrogen) atoms. The van der Waals surface area contributed by atoms with E-state index in [0.29, 0.717) is 4.90 Å². The standard InChI is InChI=1S/C15H16FNO3S/c1-17(10-4-2-3-5-10)14(18)9-21-11-6-7-13(16)12(8-11)15(19)20/h4,6-8H,2-3,5,9H2,1H3,(H,19,20). The molecule has 4 nitrogen and oxygen atoms in total. The minimum Gasteiger partial charge on any atom is -0.478 e. The first-order valence-corrected chi connectivity index (χ1v) is 7.59. The highest BCUT2D eigenvalue weighted by atomic mass is 32.2. The van der Waals surface area contributed by atoms with E-state index in [2.05, 4.69) is 6.08 Å². The summed E-state index contributed by atoms with van der Waals surface area (Å²) in [5.74, 6) is -1.94. The van der Waals surface area contributed by atoms with E-state index in [1.54, 1.807) is 11.9 Å². The van der Waals surface area contributed by atoms with Crippen molar-refractivity contribution in [1.29, 1.82) is 0 Å².